The maximum Gasteiger partial charge on any atom is 0.255 e. The Bertz CT molecular complexity index is 564. The highest BCUT2D eigenvalue weighted by Crippen LogP contribution is 2.15. The van der Waals surface area contributed by atoms with Gasteiger partial charge in [-0.1, -0.05) is 24.8 Å². The monoisotopic (exact) mass is 286 g/mol. The van der Waals surface area contributed by atoms with Crippen molar-refractivity contribution in [3.05, 3.63) is 34.9 Å². The predicted molar refractivity (Wildman–Crippen MR) is 83.2 cm³/mol. The second-order valence-corrected chi connectivity index (χ2v) is 5.24. The van der Waals surface area contributed by atoms with E-state index in [1.165, 1.54) is 0 Å². The molecule has 4 nitrogen and oxygen atoms in total. The zero-order valence-corrected chi connectivity index (χ0v) is 12.7. The van der Waals surface area contributed by atoms with Crippen LogP contribution in [0.15, 0.2) is 18.2 Å². The highest BCUT2D eigenvalue weighted by Gasteiger charge is 2.22. The number of carbonyl (C=O) groups is 1. The number of carbonyl (C=O) groups excluding carboxylic acids is 1. The van der Waals surface area contributed by atoms with Gasteiger partial charge in [-0.15, -0.1) is 0 Å². The van der Waals surface area contributed by atoms with Crippen molar-refractivity contribution in [2.75, 3.05) is 39.3 Å². The van der Waals surface area contributed by atoms with Gasteiger partial charge in [0.05, 0.1) is 5.56 Å². The van der Waals surface area contributed by atoms with Gasteiger partial charge >= 0.3 is 0 Å². The molecule has 1 heterocycles. The topological polar surface area (TPSA) is 43.8 Å². The molecule has 0 bridgehead atoms. The third-order valence-corrected chi connectivity index (χ3v) is 3.81. The van der Waals surface area contributed by atoms with Crippen LogP contribution in [0.5, 0.6) is 0 Å². The van der Waals surface area contributed by atoms with E-state index in [9.17, 15) is 4.79 Å². The van der Waals surface area contributed by atoms with Crippen LogP contribution in [-0.2, 0) is 0 Å². The average Bonchev–Trinajstić information content (AvgIpc) is 2.52. The second-order valence-electron chi connectivity index (χ2n) is 5.24. The van der Waals surface area contributed by atoms with Gasteiger partial charge < -0.3 is 14.9 Å². The third kappa shape index (κ3) is 3.84. The summed E-state index contributed by atoms with van der Waals surface area (Å²) in [5.74, 6) is 5.55. The van der Waals surface area contributed by atoms with Crippen LogP contribution in [0.2, 0.25) is 0 Å². The lowest BCUT2D eigenvalue weighted by Crippen LogP contribution is -2.48. The average molecular weight is 286 g/mol. The Kier molecular flexibility index (Phi) is 5.38. The summed E-state index contributed by atoms with van der Waals surface area (Å²) in [6.45, 7) is 8.30. The first-order chi connectivity index (χ1) is 10.2. The summed E-state index contributed by atoms with van der Waals surface area (Å²) in [6, 6.07) is 5.67. The van der Waals surface area contributed by atoms with Crippen LogP contribution in [0.1, 0.15) is 28.4 Å². The van der Waals surface area contributed by atoms with Crippen molar-refractivity contribution in [1.29, 1.82) is 0 Å². The molecule has 1 aliphatic rings. The van der Waals surface area contributed by atoms with E-state index in [0.29, 0.717) is 11.1 Å². The van der Waals surface area contributed by atoms with Gasteiger partial charge in [0, 0.05) is 31.7 Å². The molecule has 1 fully saturated rings. The molecule has 0 aliphatic carbocycles. The zero-order valence-electron chi connectivity index (χ0n) is 12.7. The maximum atomic E-state index is 12.7. The highest BCUT2D eigenvalue weighted by molar-refractivity contribution is 5.97. The number of hydrogen-bond acceptors (Lipinski definition) is 3. The number of piperazine rings is 1. The summed E-state index contributed by atoms with van der Waals surface area (Å²) in [6.07, 6.45) is 0. The largest absolute Gasteiger partial charge is 0.384 e. The van der Waals surface area contributed by atoms with Crippen LogP contribution in [0.25, 0.3) is 0 Å². The lowest BCUT2D eigenvalue weighted by Gasteiger charge is -2.34. The Hall–Kier alpha value is -1.83. The molecule has 1 N–H and O–H groups in total. The zero-order chi connectivity index (χ0) is 15.2. The van der Waals surface area contributed by atoms with Crippen molar-refractivity contribution in [3.63, 3.8) is 0 Å². The summed E-state index contributed by atoms with van der Waals surface area (Å²) in [5.41, 5.74) is 2.39. The summed E-state index contributed by atoms with van der Waals surface area (Å²) >= 11 is 0. The van der Waals surface area contributed by atoms with E-state index in [1.807, 2.05) is 30.0 Å². The number of aryl methyl sites for hydroxylation is 1. The van der Waals surface area contributed by atoms with Crippen molar-refractivity contribution in [2.45, 2.75) is 13.8 Å². The summed E-state index contributed by atoms with van der Waals surface area (Å²) in [4.78, 5) is 16.9. The van der Waals surface area contributed by atoms with Crippen molar-refractivity contribution in [1.82, 2.24) is 9.80 Å². The van der Waals surface area contributed by atoms with Gasteiger partial charge in [0.2, 0.25) is 0 Å². The van der Waals surface area contributed by atoms with Gasteiger partial charge in [-0.05, 0) is 31.2 Å². The van der Waals surface area contributed by atoms with E-state index in [-0.39, 0.29) is 12.5 Å². The molecule has 1 aliphatic heterocycles. The van der Waals surface area contributed by atoms with Crippen LogP contribution < -0.4 is 0 Å². The Morgan fingerprint density at radius 3 is 2.62 bits per heavy atom. The quantitative estimate of drug-likeness (QED) is 0.829. The number of amides is 1. The number of hydrogen-bond donors (Lipinski definition) is 1. The van der Waals surface area contributed by atoms with Crippen LogP contribution in [0.4, 0.5) is 0 Å². The van der Waals surface area contributed by atoms with E-state index >= 15 is 0 Å². The van der Waals surface area contributed by atoms with Crippen LogP contribution in [0, 0.1) is 18.8 Å². The van der Waals surface area contributed by atoms with Crippen molar-refractivity contribution in [3.8, 4) is 11.8 Å². The Labute approximate surface area is 126 Å². The molecule has 1 aromatic rings. The van der Waals surface area contributed by atoms with Gasteiger partial charge in [-0.25, -0.2) is 0 Å². The Balaban J connectivity index is 2.19. The molecule has 0 saturated carbocycles. The van der Waals surface area contributed by atoms with Crippen LogP contribution in [0.3, 0.4) is 0 Å². The molecule has 1 aromatic carbocycles. The van der Waals surface area contributed by atoms with Crippen LogP contribution >= 0.6 is 0 Å². The number of benzene rings is 1. The number of rotatable bonds is 2. The lowest BCUT2D eigenvalue weighted by molar-refractivity contribution is 0.0643. The summed E-state index contributed by atoms with van der Waals surface area (Å²) in [5, 5.41) is 8.86. The fraction of sp³-hybridized carbons (Fsp3) is 0.471. The van der Waals surface area contributed by atoms with Gasteiger partial charge in [0.1, 0.15) is 6.61 Å². The van der Waals surface area contributed by atoms with Gasteiger partial charge in [0.25, 0.3) is 5.91 Å². The standard InChI is InChI=1S/C17H22N2O2/c1-3-18-8-10-19(11-9-18)17(21)16-7-6-14(2)13-15(16)5-4-12-20/h6-7,13,20H,3,8-12H2,1-2H3. The molecule has 1 amide bonds. The van der Waals surface area contributed by atoms with E-state index in [0.717, 1.165) is 38.3 Å². The lowest BCUT2D eigenvalue weighted by atomic mass is 10.0. The molecule has 112 valence electrons. The number of aliphatic hydroxyl groups is 1. The molecule has 2 rings (SSSR count). The number of aliphatic hydroxyl groups excluding tert-OH is 1. The fourth-order valence-corrected chi connectivity index (χ4v) is 2.52. The predicted octanol–water partition coefficient (Wildman–Crippen LogP) is 1.12. The molecule has 0 unspecified atom stereocenters. The SMILES string of the molecule is CCN1CCN(C(=O)c2ccc(C)cc2C#CCO)CC1. The Morgan fingerprint density at radius 1 is 1.29 bits per heavy atom. The first kappa shape index (κ1) is 15.6. The molecule has 0 atom stereocenters. The first-order valence-electron chi connectivity index (χ1n) is 7.37. The molecule has 0 aromatic heterocycles. The number of nitrogens with zero attached hydrogens (tertiary/aromatic N) is 2. The molecule has 0 radical (unpaired) electrons. The minimum Gasteiger partial charge on any atom is -0.384 e. The molecule has 1 saturated heterocycles. The van der Waals surface area contributed by atoms with Gasteiger partial charge in [-0.2, -0.15) is 0 Å². The summed E-state index contributed by atoms with van der Waals surface area (Å²) in [7, 11) is 0. The van der Waals surface area contributed by atoms with Gasteiger partial charge in [-0.3, -0.25) is 4.79 Å². The van der Waals surface area contributed by atoms with E-state index in [1.54, 1.807) is 0 Å². The van der Waals surface area contributed by atoms with E-state index in [4.69, 9.17) is 5.11 Å². The van der Waals surface area contributed by atoms with E-state index in [2.05, 4.69) is 23.7 Å². The Morgan fingerprint density at radius 2 is 2.00 bits per heavy atom. The van der Waals surface area contributed by atoms with Crippen molar-refractivity contribution < 1.29 is 9.90 Å². The first-order valence-corrected chi connectivity index (χ1v) is 7.37. The highest BCUT2D eigenvalue weighted by atomic mass is 16.2. The molecule has 0 spiro atoms. The summed E-state index contributed by atoms with van der Waals surface area (Å²) < 4.78 is 0. The minimum atomic E-state index is -0.198. The third-order valence-electron chi connectivity index (χ3n) is 3.81. The molecule has 21 heavy (non-hydrogen) atoms. The molecular formula is C17H22N2O2. The number of likely N-dealkylation sites (N-methyl/N-ethyl adjacent to an activating group) is 1. The second kappa shape index (κ2) is 7.26. The minimum absolute atomic E-state index is 0.0352. The fourth-order valence-electron chi connectivity index (χ4n) is 2.52. The van der Waals surface area contributed by atoms with Crippen molar-refractivity contribution >= 4 is 5.91 Å². The van der Waals surface area contributed by atoms with Crippen molar-refractivity contribution in [2.24, 2.45) is 0 Å². The normalized spacial score (nSPS) is 15.5. The van der Waals surface area contributed by atoms with E-state index < -0.39 is 0 Å². The molecule has 4 heteroatoms. The smallest absolute Gasteiger partial charge is 0.255 e. The molecular weight excluding hydrogens is 264 g/mol. The maximum absolute atomic E-state index is 12.7. The van der Waals surface area contributed by atoms with Gasteiger partial charge in [0.15, 0.2) is 0 Å². The van der Waals surface area contributed by atoms with Crippen LogP contribution in [-0.4, -0.2) is 60.1 Å².